The maximum absolute atomic E-state index is 13.9. The maximum Gasteiger partial charge on any atom is 0.145 e. The Morgan fingerprint density at radius 2 is 1.77 bits per heavy atom. The van der Waals surface area contributed by atoms with Gasteiger partial charge in [0.25, 0.3) is 0 Å². The molecule has 9 heteroatoms. The monoisotopic (exact) mass is 594 g/mol. The van der Waals surface area contributed by atoms with Gasteiger partial charge in [0.05, 0.1) is 42.5 Å². The van der Waals surface area contributed by atoms with Gasteiger partial charge in [0.15, 0.2) is 0 Å². The number of hydrogen-bond acceptors (Lipinski definition) is 5. The Bertz CT molecular complexity index is 1340. The molecule has 2 fully saturated rings. The summed E-state index contributed by atoms with van der Waals surface area (Å²) in [5.41, 5.74) is 3.08. The van der Waals surface area contributed by atoms with E-state index in [9.17, 15) is 4.39 Å². The Labute approximate surface area is 224 Å². The SMILES string of the molecule is Fc1cc2nc(C3CCC(OCc4c(-c5c(Cl)cccc5Cl)noc4C4CC4)CC3)sc2cc1Br. The van der Waals surface area contributed by atoms with E-state index in [1.165, 1.54) is 6.07 Å². The van der Waals surface area contributed by atoms with Crippen LogP contribution in [0, 0.1) is 5.82 Å². The van der Waals surface area contributed by atoms with E-state index in [-0.39, 0.29) is 11.9 Å². The molecule has 0 N–H and O–H groups in total. The molecule has 2 aromatic carbocycles. The van der Waals surface area contributed by atoms with Gasteiger partial charge in [0.1, 0.15) is 17.3 Å². The molecule has 0 saturated heterocycles. The van der Waals surface area contributed by atoms with Crippen LogP contribution in [-0.4, -0.2) is 16.2 Å². The van der Waals surface area contributed by atoms with E-state index in [0.29, 0.717) is 44.2 Å². The lowest BCUT2D eigenvalue weighted by atomic mass is 9.88. The highest BCUT2D eigenvalue weighted by atomic mass is 79.9. The van der Waals surface area contributed by atoms with Gasteiger partial charge in [0, 0.05) is 29.0 Å². The number of fused-ring (bicyclic) bond motifs is 1. The van der Waals surface area contributed by atoms with E-state index in [1.54, 1.807) is 11.3 Å². The normalized spacial score (nSPS) is 20.6. The van der Waals surface area contributed by atoms with Crippen LogP contribution in [0.3, 0.4) is 0 Å². The molecule has 0 spiro atoms. The zero-order chi connectivity index (χ0) is 24.1. The molecule has 2 aliphatic carbocycles. The van der Waals surface area contributed by atoms with E-state index in [2.05, 4.69) is 21.1 Å². The third-order valence-electron chi connectivity index (χ3n) is 6.90. The molecule has 2 heterocycles. The van der Waals surface area contributed by atoms with E-state index < -0.39 is 0 Å². The average molecular weight is 596 g/mol. The largest absolute Gasteiger partial charge is 0.373 e. The number of rotatable bonds is 6. The summed E-state index contributed by atoms with van der Waals surface area (Å²) in [6.07, 6.45) is 6.25. The first-order chi connectivity index (χ1) is 17.0. The summed E-state index contributed by atoms with van der Waals surface area (Å²) < 4.78 is 27.5. The lowest BCUT2D eigenvalue weighted by Gasteiger charge is -2.27. The first kappa shape index (κ1) is 23.9. The van der Waals surface area contributed by atoms with Crippen molar-refractivity contribution in [1.29, 1.82) is 0 Å². The second-order valence-corrected chi connectivity index (χ2v) is 12.0. The number of aromatic nitrogens is 2. The molecule has 182 valence electrons. The molecule has 35 heavy (non-hydrogen) atoms. The zero-order valence-electron chi connectivity index (χ0n) is 18.7. The van der Waals surface area contributed by atoms with Crippen molar-refractivity contribution in [3.8, 4) is 11.3 Å². The smallest absolute Gasteiger partial charge is 0.145 e. The van der Waals surface area contributed by atoms with Gasteiger partial charge in [-0.05, 0) is 72.7 Å². The van der Waals surface area contributed by atoms with Crippen molar-refractivity contribution in [1.82, 2.24) is 10.1 Å². The molecule has 6 rings (SSSR count). The molecule has 2 saturated carbocycles. The molecule has 2 aliphatic rings. The van der Waals surface area contributed by atoms with Gasteiger partial charge in [-0.3, -0.25) is 0 Å². The summed E-state index contributed by atoms with van der Waals surface area (Å²) in [6.45, 7) is 0.427. The summed E-state index contributed by atoms with van der Waals surface area (Å²) in [6, 6.07) is 8.78. The van der Waals surface area contributed by atoms with Crippen LogP contribution in [0.25, 0.3) is 21.5 Å². The Morgan fingerprint density at radius 1 is 1.06 bits per heavy atom. The standard InChI is InChI=1S/C26H22BrCl2FN2O2S/c27-17-10-22-21(11-20(17)30)31-26(35-22)14-6-8-15(9-7-14)33-12-16-24(32-34-25(16)13-4-5-13)23-18(28)2-1-3-19(23)29/h1-3,10-11,13-15H,4-9,12H2. The van der Waals surface area contributed by atoms with Crippen LogP contribution in [0.4, 0.5) is 4.39 Å². The number of thiazole rings is 1. The second-order valence-electron chi connectivity index (χ2n) is 9.32. The third-order valence-corrected chi connectivity index (χ3v) is 9.32. The van der Waals surface area contributed by atoms with Crippen molar-refractivity contribution in [2.75, 3.05) is 0 Å². The molecule has 0 bridgehead atoms. The summed E-state index contributed by atoms with van der Waals surface area (Å²) in [4.78, 5) is 4.72. The summed E-state index contributed by atoms with van der Waals surface area (Å²) >= 11 is 17.9. The van der Waals surface area contributed by atoms with E-state index in [0.717, 1.165) is 65.1 Å². The fraction of sp³-hybridized carbons (Fsp3) is 0.385. The number of halogens is 4. The van der Waals surface area contributed by atoms with Gasteiger partial charge in [-0.15, -0.1) is 11.3 Å². The first-order valence-electron chi connectivity index (χ1n) is 11.8. The molecule has 4 nitrogen and oxygen atoms in total. The van der Waals surface area contributed by atoms with Crippen molar-refractivity contribution < 1.29 is 13.7 Å². The highest BCUT2D eigenvalue weighted by Gasteiger charge is 2.34. The van der Waals surface area contributed by atoms with Crippen molar-refractivity contribution in [2.24, 2.45) is 0 Å². The molecule has 0 atom stereocenters. The van der Waals surface area contributed by atoms with Gasteiger partial charge < -0.3 is 9.26 Å². The van der Waals surface area contributed by atoms with Gasteiger partial charge in [-0.2, -0.15) is 0 Å². The summed E-state index contributed by atoms with van der Waals surface area (Å²) in [5, 5.41) is 6.55. The number of ether oxygens (including phenoxy) is 1. The van der Waals surface area contributed by atoms with E-state index in [4.69, 9.17) is 37.4 Å². The minimum Gasteiger partial charge on any atom is -0.373 e. The lowest BCUT2D eigenvalue weighted by molar-refractivity contribution is 0.0129. The highest BCUT2D eigenvalue weighted by Crippen LogP contribution is 2.46. The Hall–Kier alpha value is -1.51. The molecule has 0 radical (unpaired) electrons. The van der Waals surface area contributed by atoms with Gasteiger partial charge in [-0.25, -0.2) is 9.37 Å². The van der Waals surface area contributed by atoms with Gasteiger partial charge in [0.2, 0.25) is 0 Å². The predicted octanol–water partition coefficient (Wildman–Crippen LogP) is 9.28. The topological polar surface area (TPSA) is 48.2 Å². The van der Waals surface area contributed by atoms with Crippen molar-refractivity contribution >= 4 is 60.7 Å². The second kappa shape index (κ2) is 9.75. The minimum atomic E-state index is -0.275. The van der Waals surface area contributed by atoms with Crippen LogP contribution in [0.2, 0.25) is 10.0 Å². The van der Waals surface area contributed by atoms with Crippen LogP contribution >= 0.6 is 50.5 Å². The minimum absolute atomic E-state index is 0.156. The third kappa shape index (κ3) is 4.78. The molecule has 0 amide bonds. The van der Waals surface area contributed by atoms with E-state index >= 15 is 0 Å². The van der Waals surface area contributed by atoms with Crippen molar-refractivity contribution in [2.45, 2.75) is 63.1 Å². The summed E-state index contributed by atoms with van der Waals surface area (Å²) in [7, 11) is 0. The maximum atomic E-state index is 13.9. The molecule has 2 aromatic heterocycles. The van der Waals surface area contributed by atoms with Crippen LogP contribution in [0.1, 0.15) is 66.7 Å². The molecular weight excluding hydrogens is 574 g/mol. The van der Waals surface area contributed by atoms with Crippen LogP contribution in [-0.2, 0) is 11.3 Å². The Kier molecular flexibility index (Phi) is 6.65. The molecule has 0 unspecified atom stereocenters. The number of nitrogens with zero attached hydrogens (tertiary/aromatic N) is 2. The molecule has 4 aromatic rings. The average Bonchev–Trinajstić information content (AvgIpc) is 3.48. The van der Waals surface area contributed by atoms with Gasteiger partial charge in [-0.1, -0.05) is 34.4 Å². The number of benzene rings is 2. The number of hydrogen-bond donors (Lipinski definition) is 0. The fourth-order valence-corrected chi connectivity index (χ4v) is 7.07. The molecular formula is C26H22BrCl2FN2O2S. The molecule has 0 aliphatic heterocycles. The Morgan fingerprint density at radius 3 is 2.49 bits per heavy atom. The summed E-state index contributed by atoms with van der Waals surface area (Å²) in [5.74, 6) is 1.40. The van der Waals surface area contributed by atoms with Crippen LogP contribution in [0.15, 0.2) is 39.3 Å². The van der Waals surface area contributed by atoms with Gasteiger partial charge >= 0.3 is 0 Å². The van der Waals surface area contributed by atoms with Crippen molar-refractivity contribution in [3.63, 3.8) is 0 Å². The quantitative estimate of drug-likeness (QED) is 0.223. The van der Waals surface area contributed by atoms with E-state index in [1.807, 2.05) is 24.3 Å². The van der Waals surface area contributed by atoms with Crippen LogP contribution in [0.5, 0.6) is 0 Å². The first-order valence-corrected chi connectivity index (χ1v) is 14.1. The fourth-order valence-electron chi connectivity index (χ4n) is 4.84. The lowest BCUT2D eigenvalue weighted by Crippen LogP contribution is -2.21. The van der Waals surface area contributed by atoms with Crippen molar-refractivity contribution in [3.05, 3.63) is 67.0 Å². The highest BCUT2D eigenvalue weighted by molar-refractivity contribution is 9.10. The Balaban J connectivity index is 1.15. The predicted molar refractivity (Wildman–Crippen MR) is 141 cm³/mol. The zero-order valence-corrected chi connectivity index (χ0v) is 22.6. The van der Waals surface area contributed by atoms with Crippen LogP contribution < -0.4 is 0 Å².